The van der Waals surface area contributed by atoms with Gasteiger partial charge in [0.2, 0.25) is 12.2 Å². The van der Waals surface area contributed by atoms with Crippen LogP contribution in [0.25, 0.3) is 11.5 Å². The van der Waals surface area contributed by atoms with Gasteiger partial charge in [-0.25, -0.2) is 4.98 Å². The molecule has 1 atom stereocenters. The lowest BCUT2D eigenvalue weighted by Gasteiger charge is -2.16. The van der Waals surface area contributed by atoms with Gasteiger partial charge >= 0.3 is 0 Å². The molecule has 3 aromatic rings. The Balaban J connectivity index is 1.84. The molecule has 0 saturated carbocycles. The van der Waals surface area contributed by atoms with E-state index < -0.39 is 6.29 Å². The maximum atomic E-state index is 9.09. The lowest BCUT2D eigenvalue weighted by Crippen LogP contribution is -2.11. The van der Waals surface area contributed by atoms with E-state index in [0.29, 0.717) is 23.1 Å². The number of methoxy groups -OCH3 is 1. The van der Waals surface area contributed by atoms with Crippen LogP contribution < -0.4 is 4.74 Å². The number of rotatable bonds is 6. The minimum absolute atomic E-state index is 0.00316. The van der Waals surface area contributed by atoms with Gasteiger partial charge in [0.05, 0.1) is 6.61 Å². The molecule has 24 heavy (non-hydrogen) atoms. The first kappa shape index (κ1) is 16.2. The van der Waals surface area contributed by atoms with Crippen LogP contribution >= 0.6 is 0 Å². The molecule has 1 N–H and O–H groups in total. The van der Waals surface area contributed by atoms with Crippen LogP contribution in [0, 0.1) is 6.92 Å². The molecule has 2 aromatic carbocycles. The third-order valence-electron chi connectivity index (χ3n) is 3.64. The third-order valence-corrected chi connectivity index (χ3v) is 3.64. The first-order valence-electron chi connectivity index (χ1n) is 7.63. The lowest BCUT2D eigenvalue weighted by atomic mass is 10.2. The van der Waals surface area contributed by atoms with E-state index in [2.05, 4.69) is 4.98 Å². The van der Waals surface area contributed by atoms with Crippen molar-refractivity contribution in [2.24, 2.45) is 0 Å². The predicted molar refractivity (Wildman–Crippen MR) is 89.4 cm³/mol. The lowest BCUT2D eigenvalue weighted by molar-refractivity contribution is -0.0597. The van der Waals surface area contributed by atoms with Gasteiger partial charge in [0, 0.05) is 12.7 Å². The van der Waals surface area contributed by atoms with Gasteiger partial charge in [-0.1, -0.05) is 30.3 Å². The summed E-state index contributed by atoms with van der Waals surface area (Å²) >= 11 is 0. The van der Waals surface area contributed by atoms with Crippen molar-refractivity contribution in [2.45, 2.75) is 19.8 Å². The van der Waals surface area contributed by atoms with Crippen LogP contribution in [0.4, 0.5) is 0 Å². The standard InChI is InChI=1S/C19H19NO4/c1-13-17(20-18(23-13)15-6-4-3-5-7-15)19(22-2)24-16-10-8-14(12-21)9-11-16/h3-11,19,21H,12H2,1-2H3. The van der Waals surface area contributed by atoms with Crippen LogP contribution in [0.2, 0.25) is 0 Å². The summed E-state index contributed by atoms with van der Waals surface area (Å²) in [5, 5.41) is 9.09. The van der Waals surface area contributed by atoms with Gasteiger partial charge in [0.25, 0.3) is 0 Å². The number of aryl methyl sites for hydroxylation is 1. The van der Waals surface area contributed by atoms with E-state index in [1.54, 1.807) is 31.4 Å². The van der Waals surface area contributed by atoms with E-state index in [1.807, 2.05) is 37.3 Å². The summed E-state index contributed by atoms with van der Waals surface area (Å²) in [6, 6.07) is 16.8. The maximum Gasteiger partial charge on any atom is 0.247 e. The summed E-state index contributed by atoms with van der Waals surface area (Å²) in [6.45, 7) is 1.83. The number of hydrogen-bond donors (Lipinski definition) is 1. The van der Waals surface area contributed by atoms with Crippen molar-refractivity contribution in [3.05, 3.63) is 71.6 Å². The Hall–Kier alpha value is -2.63. The van der Waals surface area contributed by atoms with E-state index in [4.69, 9.17) is 19.0 Å². The molecular weight excluding hydrogens is 306 g/mol. The Morgan fingerprint density at radius 2 is 1.79 bits per heavy atom. The summed E-state index contributed by atoms with van der Waals surface area (Å²) in [4.78, 5) is 4.52. The number of aliphatic hydroxyl groups excluding tert-OH is 1. The van der Waals surface area contributed by atoms with Crippen LogP contribution in [0.15, 0.2) is 59.0 Å². The quantitative estimate of drug-likeness (QED) is 0.697. The smallest absolute Gasteiger partial charge is 0.247 e. The molecule has 0 aliphatic heterocycles. The van der Waals surface area contributed by atoms with Gasteiger partial charge in [-0.2, -0.15) is 0 Å². The molecule has 0 fully saturated rings. The van der Waals surface area contributed by atoms with E-state index in [9.17, 15) is 0 Å². The molecule has 0 radical (unpaired) electrons. The van der Waals surface area contributed by atoms with Crippen LogP contribution in [-0.4, -0.2) is 17.2 Å². The Kier molecular flexibility index (Phi) is 4.93. The first-order chi connectivity index (χ1) is 11.7. The number of nitrogens with zero attached hydrogens (tertiary/aromatic N) is 1. The fourth-order valence-electron chi connectivity index (χ4n) is 2.34. The van der Waals surface area contributed by atoms with E-state index in [0.717, 1.165) is 11.1 Å². The number of benzene rings is 2. The number of aliphatic hydroxyl groups is 1. The Morgan fingerprint density at radius 1 is 1.08 bits per heavy atom. The predicted octanol–water partition coefficient (Wildman–Crippen LogP) is 3.87. The van der Waals surface area contributed by atoms with Gasteiger partial charge < -0.3 is 19.0 Å². The molecule has 124 valence electrons. The van der Waals surface area contributed by atoms with Gasteiger partial charge in [0.1, 0.15) is 11.5 Å². The zero-order valence-corrected chi connectivity index (χ0v) is 13.6. The summed E-state index contributed by atoms with van der Waals surface area (Å²) in [5.74, 6) is 1.81. The third kappa shape index (κ3) is 3.48. The highest BCUT2D eigenvalue weighted by Gasteiger charge is 2.22. The van der Waals surface area contributed by atoms with Crippen LogP contribution in [0.3, 0.4) is 0 Å². The molecule has 0 saturated heterocycles. The molecule has 0 bridgehead atoms. The summed E-state index contributed by atoms with van der Waals surface area (Å²) in [6.07, 6.45) is -0.675. The van der Waals surface area contributed by atoms with Crippen molar-refractivity contribution in [2.75, 3.05) is 7.11 Å². The Bertz CT molecular complexity index is 781. The van der Waals surface area contributed by atoms with E-state index in [1.165, 1.54) is 0 Å². The SMILES string of the molecule is COC(Oc1ccc(CO)cc1)c1nc(-c2ccccc2)oc1C. The zero-order chi connectivity index (χ0) is 16.9. The van der Waals surface area contributed by atoms with Gasteiger partial charge in [0.15, 0.2) is 5.69 Å². The van der Waals surface area contributed by atoms with Gasteiger partial charge in [-0.3, -0.25) is 0 Å². The molecule has 1 unspecified atom stereocenters. The van der Waals surface area contributed by atoms with Gasteiger partial charge in [-0.15, -0.1) is 0 Å². The molecule has 0 spiro atoms. The molecule has 1 aromatic heterocycles. The summed E-state index contributed by atoms with van der Waals surface area (Å²) < 4.78 is 17.0. The summed E-state index contributed by atoms with van der Waals surface area (Å²) in [7, 11) is 1.56. The van der Waals surface area contributed by atoms with Crippen molar-refractivity contribution in [3.8, 4) is 17.2 Å². The molecule has 5 nitrogen and oxygen atoms in total. The monoisotopic (exact) mass is 325 g/mol. The van der Waals surface area contributed by atoms with Crippen molar-refractivity contribution in [3.63, 3.8) is 0 Å². The minimum atomic E-state index is -0.675. The van der Waals surface area contributed by atoms with Crippen molar-refractivity contribution in [1.82, 2.24) is 4.98 Å². The second kappa shape index (κ2) is 7.29. The topological polar surface area (TPSA) is 64.7 Å². The molecular formula is C19H19NO4. The van der Waals surface area contributed by atoms with Gasteiger partial charge in [-0.05, 0) is 36.8 Å². The second-order valence-electron chi connectivity index (χ2n) is 5.31. The Morgan fingerprint density at radius 3 is 2.42 bits per heavy atom. The maximum absolute atomic E-state index is 9.09. The minimum Gasteiger partial charge on any atom is -0.459 e. The average molecular weight is 325 g/mol. The molecule has 3 rings (SSSR count). The van der Waals surface area contributed by atoms with Crippen LogP contribution in [0.5, 0.6) is 5.75 Å². The highest BCUT2D eigenvalue weighted by molar-refractivity contribution is 5.53. The van der Waals surface area contributed by atoms with Crippen LogP contribution in [0.1, 0.15) is 23.3 Å². The van der Waals surface area contributed by atoms with Crippen molar-refractivity contribution in [1.29, 1.82) is 0 Å². The molecule has 0 amide bonds. The molecule has 1 heterocycles. The molecule has 0 aliphatic rings. The second-order valence-corrected chi connectivity index (χ2v) is 5.31. The number of ether oxygens (including phenoxy) is 2. The largest absolute Gasteiger partial charge is 0.459 e. The highest BCUT2D eigenvalue weighted by Crippen LogP contribution is 2.28. The van der Waals surface area contributed by atoms with E-state index >= 15 is 0 Å². The van der Waals surface area contributed by atoms with Crippen molar-refractivity contribution < 1.29 is 19.0 Å². The zero-order valence-electron chi connectivity index (χ0n) is 13.6. The van der Waals surface area contributed by atoms with E-state index in [-0.39, 0.29) is 6.61 Å². The average Bonchev–Trinajstić information content (AvgIpc) is 3.02. The fraction of sp³-hybridized carbons (Fsp3) is 0.211. The summed E-state index contributed by atoms with van der Waals surface area (Å²) in [5.41, 5.74) is 2.32. The highest BCUT2D eigenvalue weighted by atomic mass is 16.7. The molecule has 0 aliphatic carbocycles. The number of oxazole rings is 1. The van der Waals surface area contributed by atoms with Crippen molar-refractivity contribution >= 4 is 0 Å². The molecule has 5 heteroatoms. The number of hydrogen-bond acceptors (Lipinski definition) is 5. The van der Waals surface area contributed by atoms with Crippen LogP contribution in [-0.2, 0) is 11.3 Å². The first-order valence-corrected chi connectivity index (χ1v) is 7.63. The Labute approximate surface area is 140 Å². The number of aromatic nitrogens is 1. The fourth-order valence-corrected chi connectivity index (χ4v) is 2.34. The normalized spacial score (nSPS) is 12.1.